The Labute approximate surface area is 221 Å². The fourth-order valence-corrected chi connectivity index (χ4v) is 5.05. The Balaban J connectivity index is 2.00. The van der Waals surface area contributed by atoms with Crippen molar-refractivity contribution in [2.45, 2.75) is 77.0 Å². The highest BCUT2D eigenvalue weighted by Crippen LogP contribution is 2.28. The average Bonchev–Trinajstić information content (AvgIpc) is 2.85. The summed E-state index contributed by atoms with van der Waals surface area (Å²) < 4.78 is 10.7. The molecule has 0 aliphatic heterocycles. The standard InChI is InChI=1S/C27H45ClN4O4/c1-20(2)32(26(33)31-24(19-29-3)17-21-9-6-5-7-10-21)15-13-25(22-11-8-12-23(28)18-22)36-16-14-30-27(34)35-4/h8,11-12,18,20-21,24-25,29H,5-7,9-10,13-17,19H2,1-4H3,(H,30,34)(H,31,33)/t24-,25+/m0/s1. The minimum atomic E-state index is -0.495. The Bertz CT molecular complexity index is 789. The van der Waals surface area contributed by atoms with E-state index in [1.807, 2.05) is 50.1 Å². The van der Waals surface area contributed by atoms with Crippen LogP contribution in [0.4, 0.5) is 9.59 Å². The van der Waals surface area contributed by atoms with E-state index in [0.29, 0.717) is 37.1 Å². The van der Waals surface area contributed by atoms with Crippen molar-refractivity contribution in [3.8, 4) is 0 Å². The first-order valence-electron chi connectivity index (χ1n) is 13.2. The smallest absolute Gasteiger partial charge is 0.406 e. The predicted molar refractivity (Wildman–Crippen MR) is 144 cm³/mol. The van der Waals surface area contributed by atoms with Gasteiger partial charge in [-0.05, 0) is 57.4 Å². The summed E-state index contributed by atoms with van der Waals surface area (Å²) in [6, 6.07) is 7.67. The van der Waals surface area contributed by atoms with Crippen molar-refractivity contribution in [1.29, 1.82) is 0 Å². The Hall–Kier alpha value is -2.03. The van der Waals surface area contributed by atoms with Crippen LogP contribution in [0.25, 0.3) is 0 Å². The van der Waals surface area contributed by atoms with Gasteiger partial charge in [-0.1, -0.05) is 55.8 Å². The van der Waals surface area contributed by atoms with Gasteiger partial charge >= 0.3 is 12.1 Å². The van der Waals surface area contributed by atoms with Gasteiger partial charge in [-0.25, -0.2) is 9.59 Å². The van der Waals surface area contributed by atoms with Crippen molar-refractivity contribution in [1.82, 2.24) is 20.9 Å². The molecule has 1 aliphatic rings. The minimum Gasteiger partial charge on any atom is -0.453 e. The van der Waals surface area contributed by atoms with Gasteiger partial charge in [-0.15, -0.1) is 0 Å². The Kier molecular flexibility index (Phi) is 14.0. The van der Waals surface area contributed by atoms with Crippen LogP contribution in [0, 0.1) is 5.92 Å². The maximum Gasteiger partial charge on any atom is 0.406 e. The molecule has 0 bridgehead atoms. The number of alkyl carbamates (subject to hydrolysis) is 1. The van der Waals surface area contributed by atoms with Crippen LogP contribution in [-0.2, 0) is 9.47 Å². The second kappa shape index (κ2) is 16.7. The van der Waals surface area contributed by atoms with Crippen molar-refractivity contribution >= 4 is 23.7 Å². The number of rotatable bonds is 14. The highest BCUT2D eigenvalue weighted by atomic mass is 35.5. The zero-order valence-electron chi connectivity index (χ0n) is 22.4. The van der Waals surface area contributed by atoms with Gasteiger partial charge in [0.1, 0.15) is 0 Å². The third-order valence-corrected chi connectivity index (χ3v) is 6.97. The fraction of sp³-hybridized carbons (Fsp3) is 0.704. The van der Waals surface area contributed by atoms with Gasteiger partial charge < -0.3 is 30.3 Å². The number of carbonyl (C=O) groups is 2. The number of halogens is 1. The summed E-state index contributed by atoms with van der Waals surface area (Å²) in [4.78, 5) is 26.6. The van der Waals surface area contributed by atoms with E-state index in [2.05, 4.69) is 20.7 Å². The molecule has 1 aromatic carbocycles. The SMILES string of the molecule is CNC[C@H](CC1CCCCC1)NC(=O)N(CC[C@@H](OCCNC(=O)OC)c1cccc(Cl)c1)C(C)C. The largest absolute Gasteiger partial charge is 0.453 e. The summed E-state index contributed by atoms with van der Waals surface area (Å²) >= 11 is 6.23. The Morgan fingerprint density at radius 1 is 1.19 bits per heavy atom. The van der Waals surface area contributed by atoms with Crippen molar-refractivity contribution in [2.75, 3.05) is 40.4 Å². The lowest BCUT2D eigenvalue weighted by Crippen LogP contribution is -2.51. The highest BCUT2D eigenvalue weighted by molar-refractivity contribution is 6.30. The van der Waals surface area contributed by atoms with Gasteiger partial charge in [0.2, 0.25) is 0 Å². The van der Waals surface area contributed by atoms with E-state index < -0.39 is 6.09 Å². The molecule has 3 amide bonds. The number of benzene rings is 1. The average molecular weight is 525 g/mol. The van der Waals surface area contributed by atoms with Gasteiger partial charge in [0.05, 0.1) is 19.8 Å². The topological polar surface area (TPSA) is 91.9 Å². The number of hydrogen-bond acceptors (Lipinski definition) is 5. The monoisotopic (exact) mass is 524 g/mol. The molecule has 0 heterocycles. The van der Waals surface area contributed by atoms with Crippen LogP contribution in [0.3, 0.4) is 0 Å². The lowest BCUT2D eigenvalue weighted by Gasteiger charge is -2.32. The van der Waals surface area contributed by atoms with Gasteiger partial charge in [0, 0.05) is 36.7 Å². The van der Waals surface area contributed by atoms with Crippen molar-refractivity contribution < 1.29 is 19.1 Å². The molecule has 1 saturated carbocycles. The van der Waals surface area contributed by atoms with E-state index in [1.165, 1.54) is 39.2 Å². The van der Waals surface area contributed by atoms with Crippen LogP contribution < -0.4 is 16.0 Å². The van der Waals surface area contributed by atoms with Crippen LogP contribution in [0.15, 0.2) is 24.3 Å². The van der Waals surface area contributed by atoms with E-state index in [0.717, 1.165) is 18.5 Å². The third kappa shape index (κ3) is 10.9. The van der Waals surface area contributed by atoms with Gasteiger partial charge in [0.15, 0.2) is 0 Å². The maximum atomic E-state index is 13.3. The lowest BCUT2D eigenvalue weighted by atomic mass is 9.85. The number of urea groups is 1. The molecule has 1 fully saturated rings. The normalized spacial score (nSPS) is 15.8. The van der Waals surface area contributed by atoms with Crippen LogP contribution in [-0.4, -0.2) is 69.5 Å². The molecular weight excluding hydrogens is 480 g/mol. The first-order chi connectivity index (χ1) is 17.3. The second-order valence-corrected chi connectivity index (χ2v) is 10.3. The molecule has 0 radical (unpaired) electrons. The van der Waals surface area contributed by atoms with E-state index in [-0.39, 0.29) is 24.2 Å². The molecule has 204 valence electrons. The molecule has 0 saturated heterocycles. The van der Waals surface area contributed by atoms with E-state index in [1.54, 1.807) is 0 Å². The Morgan fingerprint density at radius 3 is 2.58 bits per heavy atom. The molecule has 1 aromatic rings. The maximum absolute atomic E-state index is 13.3. The molecule has 8 nitrogen and oxygen atoms in total. The second-order valence-electron chi connectivity index (χ2n) is 9.85. The molecule has 36 heavy (non-hydrogen) atoms. The minimum absolute atomic E-state index is 0.0379. The van der Waals surface area contributed by atoms with E-state index in [4.69, 9.17) is 16.3 Å². The zero-order chi connectivity index (χ0) is 26.3. The third-order valence-electron chi connectivity index (χ3n) is 6.73. The molecule has 3 N–H and O–H groups in total. The number of amides is 3. The van der Waals surface area contributed by atoms with Crippen molar-refractivity contribution in [2.24, 2.45) is 5.92 Å². The predicted octanol–water partition coefficient (Wildman–Crippen LogP) is 5.12. The number of likely N-dealkylation sites (N-methyl/N-ethyl adjacent to an activating group) is 1. The fourth-order valence-electron chi connectivity index (χ4n) is 4.85. The summed E-state index contributed by atoms with van der Waals surface area (Å²) in [7, 11) is 3.26. The number of carbonyl (C=O) groups excluding carboxylic acids is 2. The number of nitrogens with one attached hydrogen (secondary N) is 3. The summed E-state index contributed by atoms with van der Waals surface area (Å²) in [5.74, 6) is 0.684. The van der Waals surface area contributed by atoms with Crippen LogP contribution in [0.2, 0.25) is 5.02 Å². The van der Waals surface area contributed by atoms with E-state index >= 15 is 0 Å². The summed E-state index contributed by atoms with van der Waals surface area (Å²) in [5, 5.41) is 9.79. The van der Waals surface area contributed by atoms with Crippen molar-refractivity contribution in [3.63, 3.8) is 0 Å². The quantitative estimate of drug-likeness (QED) is 0.294. The molecule has 9 heteroatoms. The lowest BCUT2D eigenvalue weighted by molar-refractivity contribution is 0.0408. The first-order valence-corrected chi connectivity index (χ1v) is 13.6. The van der Waals surface area contributed by atoms with E-state index in [9.17, 15) is 9.59 Å². The van der Waals surface area contributed by atoms with Crippen LogP contribution >= 0.6 is 11.6 Å². The number of methoxy groups -OCH3 is 1. The Morgan fingerprint density at radius 2 is 1.94 bits per heavy atom. The van der Waals surface area contributed by atoms with Crippen molar-refractivity contribution in [3.05, 3.63) is 34.9 Å². The molecule has 0 aromatic heterocycles. The number of hydrogen-bond donors (Lipinski definition) is 3. The molecule has 0 unspecified atom stereocenters. The summed E-state index contributed by atoms with van der Waals surface area (Å²) in [6.07, 6.45) is 7.28. The molecular formula is C27H45ClN4O4. The number of ether oxygens (including phenoxy) is 2. The summed E-state index contributed by atoms with van der Waals surface area (Å²) in [6.45, 7) is 5.99. The van der Waals surface area contributed by atoms with Gasteiger partial charge in [-0.2, -0.15) is 0 Å². The highest BCUT2D eigenvalue weighted by Gasteiger charge is 2.25. The molecule has 0 spiro atoms. The van der Waals surface area contributed by atoms with Crippen LogP contribution in [0.1, 0.15) is 70.5 Å². The molecule has 2 atom stereocenters. The molecule has 1 aliphatic carbocycles. The zero-order valence-corrected chi connectivity index (χ0v) is 23.1. The molecule has 2 rings (SSSR count). The van der Waals surface area contributed by atoms with Crippen LogP contribution in [0.5, 0.6) is 0 Å². The van der Waals surface area contributed by atoms with Gasteiger partial charge in [0.25, 0.3) is 0 Å². The first kappa shape index (κ1) is 30.2. The number of nitrogens with zero attached hydrogens (tertiary/aromatic N) is 1. The summed E-state index contributed by atoms with van der Waals surface area (Å²) in [5.41, 5.74) is 0.940. The van der Waals surface area contributed by atoms with Gasteiger partial charge in [-0.3, -0.25) is 0 Å².